The molecule has 2 aromatic rings. The lowest BCUT2D eigenvalue weighted by molar-refractivity contribution is 0.0522. The molecule has 5 heteroatoms. The summed E-state index contributed by atoms with van der Waals surface area (Å²) in [6.07, 6.45) is 1.51. The average molecular weight is 205 g/mol. The maximum Gasteiger partial charge on any atom is 0.359 e. The van der Waals surface area contributed by atoms with Crippen LogP contribution in [-0.2, 0) is 4.74 Å². The van der Waals surface area contributed by atoms with E-state index in [1.54, 1.807) is 29.5 Å². The van der Waals surface area contributed by atoms with Crippen LogP contribution in [-0.4, -0.2) is 22.0 Å². The molecule has 2 aromatic heterocycles. The molecule has 2 N–H and O–H groups in total. The van der Waals surface area contributed by atoms with Crippen LogP contribution in [0.15, 0.2) is 24.5 Å². The van der Waals surface area contributed by atoms with Gasteiger partial charge in [0.2, 0.25) is 0 Å². The normalized spacial score (nSPS) is 10.5. The van der Waals surface area contributed by atoms with Crippen LogP contribution < -0.4 is 5.73 Å². The van der Waals surface area contributed by atoms with Crippen LogP contribution >= 0.6 is 0 Å². The number of nitrogen functional groups attached to an aromatic ring is 1. The van der Waals surface area contributed by atoms with E-state index >= 15 is 0 Å². The van der Waals surface area contributed by atoms with E-state index in [4.69, 9.17) is 10.5 Å². The molecule has 0 bridgehead atoms. The summed E-state index contributed by atoms with van der Waals surface area (Å²) in [6, 6.07) is 5.29. The zero-order chi connectivity index (χ0) is 10.8. The van der Waals surface area contributed by atoms with Gasteiger partial charge < -0.3 is 10.5 Å². The minimum absolute atomic E-state index is 0.296. The smallest absolute Gasteiger partial charge is 0.359 e. The van der Waals surface area contributed by atoms with Gasteiger partial charge in [0.05, 0.1) is 12.1 Å². The average Bonchev–Trinajstić information content (AvgIpc) is 2.63. The third-order valence-corrected chi connectivity index (χ3v) is 2.07. The number of carbonyl (C=O) groups is 1. The Morgan fingerprint density at radius 1 is 1.60 bits per heavy atom. The molecule has 0 spiro atoms. The fraction of sp³-hybridized carbons (Fsp3) is 0.200. The number of hydrogen-bond donors (Lipinski definition) is 1. The summed E-state index contributed by atoms with van der Waals surface area (Å²) in [6.45, 7) is 2.09. The van der Waals surface area contributed by atoms with Crippen molar-refractivity contribution >= 4 is 17.3 Å². The van der Waals surface area contributed by atoms with Crippen molar-refractivity contribution in [3.63, 3.8) is 0 Å². The zero-order valence-corrected chi connectivity index (χ0v) is 8.30. The Balaban J connectivity index is 2.54. The van der Waals surface area contributed by atoms with Gasteiger partial charge in [-0.15, -0.1) is 0 Å². The molecule has 0 aliphatic heterocycles. The van der Waals surface area contributed by atoms with Crippen LogP contribution in [0.3, 0.4) is 0 Å². The molecule has 0 saturated carbocycles. The van der Waals surface area contributed by atoms with Crippen molar-refractivity contribution in [1.29, 1.82) is 0 Å². The highest BCUT2D eigenvalue weighted by Gasteiger charge is 2.14. The monoisotopic (exact) mass is 205 g/mol. The van der Waals surface area contributed by atoms with Crippen LogP contribution in [0.1, 0.15) is 17.4 Å². The Bertz CT molecular complexity index is 504. The second-order valence-electron chi connectivity index (χ2n) is 3.02. The van der Waals surface area contributed by atoms with Crippen LogP contribution in [0.25, 0.3) is 5.52 Å². The number of nitrogens with zero attached hydrogens (tertiary/aromatic N) is 2. The summed E-state index contributed by atoms with van der Waals surface area (Å²) >= 11 is 0. The third kappa shape index (κ3) is 1.52. The predicted molar refractivity (Wildman–Crippen MR) is 55.6 cm³/mol. The molecular weight excluding hydrogens is 194 g/mol. The minimum atomic E-state index is -0.425. The number of ether oxygens (including phenoxy) is 1. The number of nitrogens with two attached hydrogens (primary N) is 1. The number of anilines is 1. The van der Waals surface area contributed by atoms with Crippen LogP contribution in [0.2, 0.25) is 0 Å². The number of aromatic nitrogens is 2. The van der Waals surface area contributed by atoms with Crippen LogP contribution in [0, 0.1) is 0 Å². The minimum Gasteiger partial charge on any atom is -0.461 e. The van der Waals surface area contributed by atoms with E-state index in [9.17, 15) is 4.79 Å². The van der Waals surface area contributed by atoms with E-state index < -0.39 is 5.97 Å². The van der Waals surface area contributed by atoms with E-state index in [0.29, 0.717) is 23.6 Å². The van der Waals surface area contributed by atoms with E-state index in [0.717, 1.165) is 0 Å². The first-order valence-electron chi connectivity index (χ1n) is 4.62. The summed E-state index contributed by atoms with van der Waals surface area (Å²) in [4.78, 5) is 15.5. The molecule has 0 amide bonds. The summed E-state index contributed by atoms with van der Waals surface area (Å²) in [5, 5.41) is 0. The standard InChI is InChI=1S/C10H11N3O2/c1-2-15-10(14)9-7-4-3-5-8(11)13(7)6-12-9/h3-6H,2,11H2,1H3. The van der Waals surface area contributed by atoms with Gasteiger partial charge in [-0.25, -0.2) is 9.78 Å². The molecule has 5 nitrogen and oxygen atoms in total. The molecule has 0 aliphatic rings. The van der Waals surface area contributed by atoms with Crippen molar-refractivity contribution in [2.24, 2.45) is 0 Å². The van der Waals surface area contributed by atoms with Gasteiger partial charge in [0.15, 0.2) is 5.69 Å². The topological polar surface area (TPSA) is 69.6 Å². The molecule has 0 saturated heterocycles. The summed E-state index contributed by atoms with van der Waals surface area (Å²) in [5.41, 5.74) is 6.67. The van der Waals surface area contributed by atoms with Gasteiger partial charge in [-0.3, -0.25) is 4.40 Å². The SMILES string of the molecule is CCOC(=O)c1ncn2c(N)cccc12. The number of carbonyl (C=O) groups excluding carboxylic acids is 1. The molecule has 78 valence electrons. The molecule has 0 radical (unpaired) electrons. The molecule has 2 rings (SSSR count). The molecule has 0 atom stereocenters. The fourth-order valence-electron chi connectivity index (χ4n) is 1.40. The third-order valence-electron chi connectivity index (χ3n) is 2.07. The summed E-state index contributed by atoms with van der Waals surface area (Å²) in [7, 11) is 0. The lowest BCUT2D eigenvalue weighted by atomic mass is 10.3. The van der Waals surface area contributed by atoms with Gasteiger partial charge in [-0.05, 0) is 19.1 Å². The second-order valence-corrected chi connectivity index (χ2v) is 3.02. The van der Waals surface area contributed by atoms with Gasteiger partial charge in [0.25, 0.3) is 0 Å². The predicted octanol–water partition coefficient (Wildman–Crippen LogP) is 1.09. The van der Waals surface area contributed by atoms with Gasteiger partial charge in [0, 0.05) is 0 Å². The lowest BCUT2D eigenvalue weighted by Crippen LogP contribution is -2.05. The van der Waals surface area contributed by atoms with Crippen LogP contribution in [0.4, 0.5) is 5.82 Å². The van der Waals surface area contributed by atoms with Crippen molar-refractivity contribution in [2.75, 3.05) is 12.3 Å². The van der Waals surface area contributed by atoms with E-state index in [2.05, 4.69) is 4.98 Å². The lowest BCUT2D eigenvalue weighted by Gasteiger charge is -2.00. The number of fused-ring (bicyclic) bond motifs is 1. The largest absolute Gasteiger partial charge is 0.461 e. The fourth-order valence-corrected chi connectivity index (χ4v) is 1.40. The second kappa shape index (κ2) is 3.61. The quantitative estimate of drug-likeness (QED) is 0.745. The molecule has 15 heavy (non-hydrogen) atoms. The van der Waals surface area contributed by atoms with Gasteiger partial charge in [0.1, 0.15) is 12.1 Å². The van der Waals surface area contributed by atoms with Crippen molar-refractivity contribution in [2.45, 2.75) is 6.92 Å². The highest BCUT2D eigenvalue weighted by atomic mass is 16.5. The van der Waals surface area contributed by atoms with Crippen molar-refractivity contribution in [3.8, 4) is 0 Å². The first kappa shape index (κ1) is 9.51. The summed E-state index contributed by atoms with van der Waals surface area (Å²) in [5.74, 6) is 0.112. The maximum absolute atomic E-state index is 11.5. The molecule has 0 aliphatic carbocycles. The van der Waals surface area contributed by atoms with Crippen molar-refractivity contribution in [1.82, 2.24) is 9.38 Å². The highest BCUT2D eigenvalue weighted by molar-refractivity contribution is 5.95. The first-order valence-corrected chi connectivity index (χ1v) is 4.62. The summed E-state index contributed by atoms with van der Waals surface area (Å²) < 4.78 is 6.52. The number of imidazole rings is 1. The number of rotatable bonds is 2. The van der Waals surface area contributed by atoms with E-state index in [1.807, 2.05) is 0 Å². The first-order chi connectivity index (χ1) is 7.24. The van der Waals surface area contributed by atoms with Crippen molar-refractivity contribution < 1.29 is 9.53 Å². The Labute approximate surface area is 86.5 Å². The van der Waals surface area contributed by atoms with E-state index in [1.165, 1.54) is 6.33 Å². The van der Waals surface area contributed by atoms with Gasteiger partial charge >= 0.3 is 5.97 Å². The Kier molecular flexibility index (Phi) is 2.29. The van der Waals surface area contributed by atoms with Gasteiger partial charge in [-0.1, -0.05) is 6.07 Å². The zero-order valence-electron chi connectivity index (χ0n) is 8.30. The number of pyridine rings is 1. The maximum atomic E-state index is 11.5. The van der Waals surface area contributed by atoms with E-state index in [-0.39, 0.29) is 0 Å². The molecule has 2 heterocycles. The Hall–Kier alpha value is -2.04. The molecule has 0 unspecified atom stereocenters. The molecule has 0 aromatic carbocycles. The number of hydrogen-bond acceptors (Lipinski definition) is 4. The van der Waals surface area contributed by atoms with Crippen LogP contribution in [0.5, 0.6) is 0 Å². The molecule has 0 fully saturated rings. The highest BCUT2D eigenvalue weighted by Crippen LogP contribution is 2.14. The Morgan fingerprint density at radius 3 is 3.13 bits per heavy atom. The van der Waals surface area contributed by atoms with Crippen molar-refractivity contribution in [3.05, 3.63) is 30.2 Å². The molecular formula is C10H11N3O2. The number of esters is 1. The Morgan fingerprint density at radius 2 is 2.40 bits per heavy atom. The van der Waals surface area contributed by atoms with Gasteiger partial charge in [-0.2, -0.15) is 0 Å².